The number of aliphatic hydroxyl groups excluding tert-OH is 3. The predicted octanol–water partition coefficient (Wildman–Crippen LogP) is 3.51. The first kappa shape index (κ1) is 29.5. The van der Waals surface area contributed by atoms with E-state index in [0.29, 0.717) is 13.0 Å². The zero-order valence-corrected chi connectivity index (χ0v) is 22.7. The molecule has 212 valence electrons. The molecule has 8 nitrogen and oxygen atoms in total. The van der Waals surface area contributed by atoms with Gasteiger partial charge in [0.25, 0.3) is 0 Å². The highest BCUT2D eigenvalue weighted by molar-refractivity contribution is 5.87. The Bertz CT molecular complexity index is 1260. The molecule has 0 spiro atoms. The van der Waals surface area contributed by atoms with Crippen LogP contribution < -0.4 is 4.74 Å². The van der Waals surface area contributed by atoms with Crippen molar-refractivity contribution < 1.29 is 39.1 Å². The molecule has 3 aromatic carbocycles. The third kappa shape index (κ3) is 8.24. The summed E-state index contributed by atoms with van der Waals surface area (Å²) in [6, 6.07) is 23.3. The number of ether oxygens (including phenoxy) is 4. The summed E-state index contributed by atoms with van der Waals surface area (Å²) in [5.41, 5.74) is 5.19. The molecule has 5 unspecified atom stereocenters. The SMILES string of the molecule is Cc1ccc(/C=C/C(=O)OCC2OC(OCCc3ccc(OCc4ccccc4)cc3)C(O)C(O)C2O)cc1C. The van der Waals surface area contributed by atoms with E-state index in [0.717, 1.165) is 33.6 Å². The maximum Gasteiger partial charge on any atom is 0.330 e. The van der Waals surface area contributed by atoms with Gasteiger partial charge < -0.3 is 34.3 Å². The van der Waals surface area contributed by atoms with Crippen LogP contribution in [0, 0.1) is 13.8 Å². The van der Waals surface area contributed by atoms with Gasteiger partial charge in [-0.2, -0.15) is 0 Å². The Labute approximate surface area is 234 Å². The number of carbonyl (C=O) groups is 1. The Kier molecular flexibility index (Phi) is 10.5. The van der Waals surface area contributed by atoms with Crippen LogP contribution in [0.2, 0.25) is 0 Å². The molecule has 8 heteroatoms. The molecule has 40 heavy (non-hydrogen) atoms. The van der Waals surface area contributed by atoms with Crippen LogP contribution in [-0.4, -0.2) is 65.2 Å². The van der Waals surface area contributed by atoms with E-state index in [2.05, 4.69) is 0 Å². The summed E-state index contributed by atoms with van der Waals surface area (Å²) in [6.07, 6.45) is -3.24. The Hall–Kier alpha value is -3.53. The van der Waals surface area contributed by atoms with Crippen molar-refractivity contribution in [3.05, 3.63) is 107 Å². The average molecular weight is 549 g/mol. The zero-order chi connectivity index (χ0) is 28.5. The number of carbonyl (C=O) groups excluding carboxylic acids is 1. The smallest absolute Gasteiger partial charge is 0.330 e. The fourth-order valence-corrected chi connectivity index (χ4v) is 4.22. The van der Waals surface area contributed by atoms with Gasteiger partial charge in [-0.15, -0.1) is 0 Å². The first-order valence-corrected chi connectivity index (χ1v) is 13.3. The number of benzene rings is 3. The first-order chi connectivity index (χ1) is 19.3. The molecule has 1 saturated heterocycles. The third-order valence-corrected chi connectivity index (χ3v) is 6.85. The summed E-state index contributed by atoms with van der Waals surface area (Å²) >= 11 is 0. The molecule has 0 aromatic heterocycles. The minimum Gasteiger partial charge on any atom is -0.489 e. The standard InChI is InChI=1S/C32H36O8/c1-21-8-9-24(18-22(21)2)12-15-28(33)39-20-27-29(34)30(35)31(36)32(40-27)37-17-16-23-10-13-26(14-11-23)38-19-25-6-4-3-5-7-25/h3-15,18,27,29-32,34-36H,16-17,19-20H2,1-2H3/b15-12+. The molecule has 5 atom stereocenters. The van der Waals surface area contributed by atoms with Gasteiger partial charge in [0.2, 0.25) is 0 Å². The summed E-state index contributed by atoms with van der Waals surface area (Å²) in [5, 5.41) is 31.0. The van der Waals surface area contributed by atoms with Crippen LogP contribution in [0.1, 0.15) is 27.8 Å². The van der Waals surface area contributed by atoms with E-state index in [9.17, 15) is 20.1 Å². The second kappa shape index (κ2) is 14.2. The van der Waals surface area contributed by atoms with E-state index in [1.807, 2.05) is 86.6 Å². The van der Waals surface area contributed by atoms with Gasteiger partial charge in [-0.1, -0.05) is 60.7 Å². The second-order valence-corrected chi connectivity index (χ2v) is 9.86. The molecule has 1 aliphatic rings. The van der Waals surface area contributed by atoms with Crippen LogP contribution in [0.15, 0.2) is 78.9 Å². The lowest BCUT2D eigenvalue weighted by molar-refractivity contribution is -0.301. The summed E-state index contributed by atoms with van der Waals surface area (Å²) in [5.74, 6) is 0.126. The van der Waals surface area contributed by atoms with Gasteiger partial charge in [-0.05, 0) is 66.3 Å². The van der Waals surface area contributed by atoms with Crippen molar-refractivity contribution >= 4 is 12.0 Å². The van der Waals surface area contributed by atoms with Gasteiger partial charge in [0.1, 0.15) is 43.4 Å². The van der Waals surface area contributed by atoms with Crippen LogP contribution >= 0.6 is 0 Å². The van der Waals surface area contributed by atoms with Gasteiger partial charge in [0.05, 0.1) is 6.61 Å². The van der Waals surface area contributed by atoms with Crippen molar-refractivity contribution in [3.8, 4) is 5.75 Å². The maximum absolute atomic E-state index is 12.2. The molecule has 1 fully saturated rings. The molecule has 0 aliphatic carbocycles. The minimum absolute atomic E-state index is 0.194. The number of rotatable bonds is 11. The molecular weight excluding hydrogens is 512 g/mol. The van der Waals surface area contributed by atoms with E-state index in [1.165, 1.54) is 6.08 Å². The molecule has 3 aromatic rings. The fraction of sp³-hybridized carbons (Fsp3) is 0.344. The Morgan fingerprint density at radius 2 is 1.62 bits per heavy atom. The third-order valence-electron chi connectivity index (χ3n) is 6.85. The first-order valence-electron chi connectivity index (χ1n) is 13.3. The lowest BCUT2D eigenvalue weighted by Gasteiger charge is -2.39. The number of aliphatic hydroxyl groups is 3. The molecule has 0 saturated carbocycles. The van der Waals surface area contributed by atoms with Crippen molar-refractivity contribution in [1.29, 1.82) is 0 Å². The topological polar surface area (TPSA) is 115 Å². The van der Waals surface area contributed by atoms with Crippen LogP contribution in [0.25, 0.3) is 6.08 Å². The van der Waals surface area contributed by atoms with Gasteiger partial charge >= 0.3 is 5.97 Å². The Morgan fingerprint density at radius 1 is 0.875 bits per heavy atom. The van der Waals surface area contributed by atoms with Crippen molar-refractivity contribution in [2.24, 2.45) is 0 Å². The highest BCUT2D eigenvalue weighted by Crippen LogP contribution is 2.23. The quantitative estimate of drug-likeness (QED) is 0.246. The summed E-state index contributed by atoms with van der Waals surface area (Å²) in [6.45, 7) is 4.36. The van der Waals surface area contributed by atoms with E-state index < -0.39 is 36.7 Å². The van der Waals surface area contributed by atoms with Crippen LogP contribution in [-0.2, 0) is 32.0 Å². The molecule has 1 heterocycles. The molecule has 4 rings (SSSR count). The number of esters is 1. The molecule has 0 bridgehead atoms. The molecule has 1 aliphatic heterocycles. The summed E-state index contributed by atoms with van der Waals surface area (Å²) in [7, 11) is 0. The maximum atomic E-state index is 12.2. The van der Waals surface area contributed by atoms with Gasteiger partial charge in [0, 0.05) is 6.08 Å². The van der Waals surface area contributed by atoms with E-state index in [1.54, 1.807) is 6.08 Å². The Balaban J connectivity index is 1.23. The summed E-state index contributed by atoms with van der Waals surface area (Å²) < 4.78 is 22.4. The average Bonchev–Trinajstić information content (AvgIpc) is 2.97. The number of hydrogen-bond donors (Lipinski definition) is 3. The normalized spacial score (nSPS) is 22.8. The fourth-order valence-electron chi connectivity index (χ4n) is 4.22. The highest BCUT2D eigenvalue weighted by Gasteiger charge is 2.44. The highest BCUT2D eigenvalue weighted by atomic mass is 16.7. The second-order valence-electron chi connectivity index (χ2n) is 9.86. The van der Waals surface area contributed by atoms with Gasteiger partial charge in [0.15, 0.2) is 6.29 Å². The zero-order valence-electron chi connectivity index (χ0n) is 22.7. The van der Waals surface area contributed by atoms with Crippen molar-refractivity contribution in [2.75, 3.05) is 13.2 Å². The van der Waals surface area contributed by atoms with E-state index in [-0.39, 0.29) is 13.2 Å². The molecular formula is C32H36O8. The molecule has 0 radical (unpaired) electrons. The predicted molar refractivity (Wildman–Crippen MR) is 149 cm³/mol. The Morgan fingerprint density at radius 3 is 2.35 bits per heavy atom. The van der Waals surface area contributed by atoms with Crippen LogP contribution in [0.4, 0.5) is 0 Å². The lowest BCUT2D eigenvalue weighted by atomic mass is 9.99. The minimum atomic E-state index is -1.52. The molecule has 3 N–H and O–H groups in total. The van der Waals surface area contributed by atoms with E-state index in [4.69, 9.17) is 18.9 Å². The van der Waals surface area contributed by atoms with Gasteiger partial charge in [-0.3, -0.25) is 0 Å². The summed E-state index contributed by atoms with van der Waals surface area (Å²) in [4.78, 5) is 12.2. The van der Waals surface area contributed by atoms with Gasteiger partial charge in [-0.25, -0.2) is 4.79 Å². The van der Waals surface area contributed by atoms with Crippen molar-refractivity contribution in [1.82, 2.24) is 0 Å². The molecule has 0 amide bonds. The lowest BCUT2D eigenvalue weighted by Crippen LogP contribution is -2.59. The monoisotopic (exact) mass is 548 g/mol. The number of aryl methyl sites for hydroxylation is 2. The van der Waals surface area contributed by atoms with Crippen molar-refractivity contribution in [3.63, 3.8) is 0 Å². The van der Waals surface area contributed by atoms with E-state index >= 15 is 0 Å². The van der Waals surface area contributed by atoms with Crippen LogP contribution in [0.5, 0.6) is 5.75 Å². The largest absolute Gasteiger partial charge is 0.489 e. The van der Waals surface area contributed by atoms with Crippen LogP contribution in [0.3, 0.4) is 0 Å². The number of hydrogen-bond acceptors (Lipinski definition) is 8. The van der Waals surface area contributed by atoms with Crippen molar-refractivity contribution in [2.45, 2.75) is 57.6 Å².